The zero-order valence-electron chi connectivity index (χ0n) is 4.94. The van der Waals surface area contributed by atoms with Crippen molar-refractivity contribution in [2.45, 2.75) is 18.7 Å². The number of hydrogen-bond donors (Lipinski definition) is 0. The van der Waals surface area contributed by atoms with E-state index in [-0.39, 0.29) is 4.87 Å². The van der Waals surface area contributed by atoms with Crippen LogP contribution in [0.5, 0.6) is 0 Å². The maximum absolute atomic E-state index is 8.08. The van der Waals surface area contributed by atoms with E-state index in [2.05, 4.69) is 0 Å². The average Bonchev–Trinajstić information content (AvgIpc) is 1.59. The second-order valence-corrected chi connectivity index (χ2v) is 3.88. The molecule has 0 aromatic rings. The molecule has 46 valence electrons. The van der Waals surface area contributed by atoms with Crippen LogP contribution >= 0.6 is 23.4 Å². The fourth-order valence-electron chi connectivity index (χ4n) is 0.204. The highest BCUT2D eigenvalue weighted by molar-refractivity contribution is 8.03. The van der Waals surface area contributed by atoms with Crippen molar-refractivity contribution < 1.29 is 0 Å². The van der Waals surface area contributed by atoms with Crippen LogP contribution in [0, 0.1) is 10.7 Å². The van der Waals surface area contributed by atoms with E-state index in [4.69, 9.17) is 16.9 Å². The minimum Gasteiger partial charge on any atom is -0.185 e. The second-order valence-electron chi connectivity index (χ2n) is 2.10. The van der Waals surface area contributed by atoms with Crippen LogP contribution in [0.25, 0.3) is 0 Å². The van der Waals surface area contributed by atoms with Crippen LogP contribution in [-0.4, -0.2) is 10.6 Å². The number of hydrogen-bond acceptors (Lipinski definition) is 2. The summed E-state index contributed by atoms with van der Waals surface area (Å²) >= 11 is 6.93. The van der Waals surface area contributed by atoms with Crippen LogP contribution in [-0.2, 0) is 0 Å². The number of alkyl halides is 1. The third-order valence-corrected chi connectivity index (χ3v) is 1.77. The lowest BCUT2D eigenvalue weighted by molar-refractivity contribution is 0.802. The molecule has 0 saturated heterocycles. The minimum absolute atomic E-state index is 0.236. The monoisotopic (exact) mass is 149 g/mol. The van der Waals surface area contributed by atoms with Gasteiger partial charge in [0.15, 0.2) is 0 Å². The Morgan fingerprint density at radius 1 is 1.75 bits per heavy atom. The Bertz CT molecular complexity index is 100.0. The number of nitrogens with zero attached hydrogens (tertiary/aromatic N) is 1. The van der Waals surface area contributed by atoms with Crippen LogP contribution in [0.1, 0.15) is 13.8 Å². The Balaban J connectivity index is 3.28. The number of thioether (sulfide) groups is 1. The smallest absolute Gasteiger partial charge is 0.133 e. The third-order valence-electron chi connectivity index (χ3n) is 0.480. The SMILES string of the molecule is CC(C)(Cl)CSC#N. The van der Waals surface area contributed by atoms with Crippen LogP contribution in [0.2, 0.25) is 0 Å². The Labute approximate surface area is 59.0 Å². The van der Waals surface area contributed by atoms with Crippen molar-refractivity contribution in [3.63, 3.8) is 0 Å². The minimum atomic E-state index is -0.236. The number of halogens is 1. The zero-order valence-corrected chi connectivity index (χ0v) is 6.51. The largest absolute Gasteiger partial charge is 0.185 e. The zero-order chi connectivity index (χ0) is 6.62. The molecule has 0 aliphatic carbocycles. The van der Waals surface area contributed by atoms with Gasteiger partial charge in [-0.15, -0.1) is 11.6 Å². The van der Waals surface area contributed by atoms with Gasteiger partial charge >= 0.3 is 0 Å². The highest BCUT2D eigenvalue weighted by Gasteiger charge is 2.11. The molecule has 0 aliphatic rings. The summed E-state index contributed by atoms with van der Waals surface area (Å²) < 4.78 is 0. The van der Waals surface area contributed by atoms with Gasteiger partial charge in [-0.25, -0.2) is 0 Å². The molecule has 0 aromatic carbocycles. The summed E-state index contributed by atoms with van der Waals surface area (Å²) in [4.78, 5) is -0.236. The first-order valence-corrected chi connectivity index (χ1v) is 3.62. The van der Waals surface area contributed by atoms with Gasteiger partial charge in [-0.1, -0.05) is 0 Å². The summed E-state index contributed by atoms with van der Waals surface area (Å²) in [7, 11) is 0. The summed E-state index contributed by atoms with van der Waals surface area (Å²) in [5.74, 6) is 0.686. The van der Waals surface area contributed by atoms with Crippen molar-refractivity contribution in [2.24, 2.45) is 0 Å². The van der Waals surface area contributed by atoms with Crippen LogP contribution in [0.3, 0.4) is 0 Å². The van der Waals surface area contributed by atoms with Gasteiger partial charge in [0.1, 0.15) is 5.40 Å². The molecule has 0 bridgehead atoms. The van der Waals surface area contributed by atoms with Crippen molar-refractivity contribution in [2.75, 3.05) is 5.75 Å². The average molecular weight is 150 g/mol. The summed E-state index contributed by atoms with van der Waals surface area (Å²) in [6.45, 7) is 3.78. The molecule has 3 heteroatoms. The molecule has 0 N–H and O–H groups in total. The van der Waals surface area contributed by atoms with Crippen molar-refractivity contribution in [1.29, 1.82) is 5.26 Å². The Morgan fingerprint density at radius 3 is 2.38 bits per heavy atom. The number of rotatable bonds is 2. The Morgan fingerprint density at radius 2 is 2.25 bits per heavy atom. The fourth-order valence-corrected chi connectivity index (χ4v) is 0.775. The molecule has 1 nitrogen and oxygen atoms in total. The third kappa shape index (κ3) is 6.13. The maximum Gasteiger partial charge on any atom is 0.133 e. The first kappa shape index (κ1) is 8.13. The summed E-state index contributed by atoms with van der Waals surface area (Å²) in [5.41, 5.74) is 0. The molecule has 0 radical (unpaired) electrons. The van der Waals surface area contributed by atoms with Crippen molar-refractivity contribution in [3.05, 3.63) is 0 Å². The van der Waals surface area contributed by atoms with Gasteiger partial charge < -0.3 is 0 Å². The Hall–Kier alpha value is 0.130. The van der Waals surface area contributed by atoms with E-state index in [9.17, 15) is 0 Å². The van der Waals surface area contributed by atoms with Crippen molar-refractivity contribution in [3.8, 4) is 5.40 Å². The van der Waals surface area contributed by atoms with Crippen LogP contribution in [0.15, 0.2) is 0 Å². The summed E-state index contributed by atoms with van der Waals surface area (Å²) in [6, 6.07) is 0. The Kier molecular flexibility index (Phi) is 3.27. The first-order valence-electron chi connectivity index (χ1n) is 2.26. The first-order chi connectivity index (χ1) is 3.56. The highest BCUT2D eigenvalue weighted by atomic mass is 35.5. The quantitative estimate of drug-likeness (QED) is 0.444. The van der Waals surface area contributed by atoms with E-state index < -0.39 is 0 Å². The standard InChI is InChI=1S/C5H8ClNS/c1-5(2,6)3-8-4-7/h3H2,1-2H3. The predicted molar refractivity (Wildman–Crippen MR) is 38.0 cm³/mol. The molecular weight excluding hydrogens is 142 g/mol. The molecule has 0 saturated carbocycles. The molecule has 8 heavy (non-hydrogen) atoms. The molecule has 0 unspecified atom stereocenters. The normalized spacial score (nSPS) is 10.8. The lowest BCUT2D eigenvalue weighted by atomic mass is 10.3. The molecule has 0 fully saturated rings. The van der Waals surface area contributed by atoms with Gasteiger partial charge in [0.25, 0.3) is 0 Å². The molecule has 0 atom stereocenters. The molecule has 0 amide bonds. The van der Waals surface area contributed by atoms with E-state index in [0.29, 0.717) is 5.75 Å². The number of nitriles is 1. The molecule has 0 aromatic heterocycles. The summed E-state index contributed by atoms with van der Waals surface area (Å²) in [5, 5.41) is 10.0. The van der Waals surface area contributed by atoms with E-state index in [1.54, 1.807) is 0 Å². The van der Waals surface area contributed by atoms with E-state index in [1.165, 1.54) is 11.8 Å². The van der Waals surface area contributed by atoms with Crippen LogP contribution in [0.4, 0.5) is 0 Å². The lowest BCUT2D eigenvalue weighted by Gasteiger charge is -2.10. The van der Waals surface area contributed by atoms with E-state index >= 15 is 0 Å². The second kappa shape index (κ2) is 3.21. The van der Waals surface area contributed by atoms with Gasteiger partial charge in [0.2, 0.25) is 0 Å². The van der Waals surface area contributed by atoms with Gasteiger partial charge in [-0.05, 0) is 25.6 Å². The van der Waals surface area contributed by atoms with Gasteiger partial charge in [-0.3, -0.25) is 0 Å². The predicted octanol–water partition coefficient (Wildman–Crippen LogP) is 2.22. The van der Waals surface area contributed by atoms with Crippen LogP contribution < -0.4 is 0 Å². The van der Waals surface area contributed by atoms with Crippen molar-refractivity contribution >= 4 is 23.4 Å². The molecule has 0 aliphatic heterocycles. The van der Waals surface area contributed by atoms with Gasteiger partial charge in [0.05, 0.1) is 0 Å². The van der Waals surface area contributed by atoms with E-state index in [0.717, 1.165) is 0 Å². The lowest BCUT2D eigenvalue weighted by Crippen LogP contribution is -2.12. The maximum atomic E-state index is 8.08. The van der Waals surface area contributed by atoms with Gasteiger partial charge in [-0.2, -0.15) is 5.26 Å². The molecule has 0 spiro atoms. The van der Waals surface area contributed by atoms with Gasteiger partial charge in [0, 0.05) is 10.6 Å². The fraction of sp³-hybridized carbons (Fsp3) is 0.800. The molecule has 0 heterocycles. The molecule has 0 rings (SSSR count). The van der Waals surface area contributed by atoms with Crippen molar-refractivity contribution in [1.82, 2.24) is 0 Å². The topological polar surface area (TPSA) is 23.8 Å². The van der Waals surface area contributed by atoms with E-state index in [1.807, 2.05) is 19.2 Å². The molecular formula is C5H8ClNS. The highest BCUT2D eigenvalue weighted by Crippen LogP contribution is 2.17. The summed E-state index contributed by atoms with van der Waals surface area (Å²) in [6.07, 6.45) is 0. The number of thiocyanates is 1.